The maximum Gasteiger partial charge on any atom is 0.263 e. The van der Waals surface area contributed by atoms with Gasteiger partial charge in [0.2, 0.25) is 5.91 Å². The summed E-state index contributed by atoms with van der Waals surface area (Å²) in [6, 6.07) is 11.0. The molecule has 4 aromatic rings. The van der Waals surface area contributed by atoms with Gasteiger partial charge in [-0.25, -0.2) is 4.98 Å². The molecule has 0 fully saturated rings. The zero-order chi connectivity index (χ0) is 23.5. The Morgan fingerprint density at radius 1 is 1.24 bits per heavy atom. The van der Waals surface area contributed by atoms with Crippen LogP contribution in [0.5, 0.6) is 5.75 Å². The number of hydrogen-bond acceptors (Lipinski definition) is 7. The lowest BCUT2D eigenvalue weighted by molar-refractivity contribution is -0.113. The van der Waals surface area contributed by atoms with Crippen LogP contribution in [0.15, 0.2) is 57.0 Å². The number of benzene rings is 1. The van der Waals surface area contributed by atoms with Gasteiger partial charge in [0.1, 0.15) is 16.3 Å². The molecule has 0 radical (unpaired) electrons. The van der Waals surface area contributed by atoms with Crippen LogP contribution in [-0.4, -0.2) is 27.8 Å². The van der Waals surface area contributed by atoms with E-state index in [0.717, 1.165) is 41.5 Å². The predicted octanol–water partition coefficient (Wildman–Crippen LogP) is 5.11. The fourth-order valence-electron chi connectivity index (χ4n) is 4.20. The predicted molar refractivity (Wildman–Crippen MR) is 135 cm³/mol. The van der Waals surface area contributed by atoms with Gasteiger partial charge in [0.15, 0.2) is 5.16 Å². The first-order valence-electron chi connectivity index (χ1n) is 11.4. The number of hydrogen-bond donors (Lipinski definition) is 1. The number of thiophene rings is 1. The fraction of sp³-hybridized carbons (Fsp3) is 0.320. The smallest absolute Gasteiger partial charge is 0.263 e. The van der Waals surface area contributed by atoms with Gasteiger partial charge in [-0.3, -0.25) is 14.2 Å². The van der Waals surface area contributed by atoms with E-state index in [1.807, 2.05) is 31.2 Å². The molecule has 9 heteroatoms. The molecule has 1 N–H and O–H groups in total. The number of carbonyl (C=O) groups excluding carboxylic acids is 1. The number of furan rings is 1. The molecule has 176 valence electrons. The van der Waals surface area contributed by atoms with Crippen LogP contribution in [0.1, 0.15) is 36.0 Å². The molecule has 0 bridgehead atoms. The van der Waals surface area contributed by atoms with Crippen molar-refractivity contribution < 1.29 is 13.9 Å². The van der Waals surface area contributed by atoms with E-state index >= 15 is 0 Å². The number of nitrogens with zero attached hydrogens (tertiary/aromatic N) is 2. The highest BCUT2D eigenvalue weighted by molar-refractivity contribution is 7.99. The topological polar surface area (TPSA) is 86.4 Å². The van der Waals surface area contributed by atoms with Crippen molar-refractivity contribution in [2.24, 2.45) is 0 Å². The number of ether oxygens (including phenoxy) is 1. The number of aromatic nitrogens is 2. The molecule has 0 spiro atoms. The highest BCUT2D eigenvalue weighted by Gasteiger charge is 2.23. The minimum atomic E-state index is -0.193. The number of thioether (sulfide) groups is 1. The molecule has 3 heterocycles. The van der Waals surface area contributed by atoms with Gasteiger partial charge in [-0.1, -0.05) is 23.9 Å². The molecule has 1 aromatic carbocycles. The molecular formula is C25H25N3O4S2. The van der Waals surface area contributed by atoms with Crippen LogP contribution in [-0.2, 0) is 24.2 Å². The third-order valence-corrected chi connectivity index (χ3v) is 7.89. The molecule has 0 atom stereocenters. The SMILES string of the molecule is CCOc1ccccc1NC(=O)CSc1nc2sc3c(c2c(=O)n1Cc1ccco1)CCCC3. The van der Waals surface area contributed by atoms with Crippen LogP contribution < -0.4 is 15.6 Å². The van der Waals surface area contributed by atoms with E-state index in [1.54, 1.807) is 34.3 Å². The quantitative estimate of drug-likeness (QED) is 0.270. The Kier molecular flexibility index (Phi) is 6.73. The summed E-state index contributed by atoms with van der Waals surface area (Å²) in [6.45, 7) is 2.68. The number of amides is 1. The Balaban J connectivity index is 1.44. The van der Waals surface area contributed by atoms with E-state index in [4.69, 9.17) is 14.1 Å². The number of rotatable bonds is 8. The maximum atomic E-state index is 13.6. The molecule has 5 rings (SSSR count). The van der Waals surface area contributed by atoms with Gasteiger partial charge in [-0.2, -0.15) is 0 Å². The highest BCUT2D eigenvalue weighted by atomic mass is 32.2. The molecule has 1 aliphatic carbocycles. The van der Waals surface area contributed by atoms with Gasteiger partial charge in [-0.05, 0) is 62.4 Å². The van der Waals surface area contributed by atoms with Crippen molar-refractivity contribution in [2.75, 3.05) is 17.7 Å². The Hall–Kier alpha value is -3.04. The van der Waals surface area contributed by atoms with Crippen LogP contribution in [0.25, 0.3) is 10.2 Å². The number of aryl methyl sites for hydroxylation is 2. The maximum absolute atomic E-state index is 13.6. The van der Waals surface area contributed by atoms with Crippen LogP contribution in [0.2, 0.25) is 0 Å². The first-order valence-corrected chi connectivity index (χ1v) is 13.2. The molecule has 7 nitrogen and oxygen atoms in total. The second-order valence-electron chi connectivity index (χ2n) is 8.02. The van der Waals surface area contributed by atoms with Crippen molar-refractivity contribution in [1.29, 1.82) is 0 Å². The molecule has 34 heavy (non-hydrogen) atoms. The van der Waals surface area contributed by atoms with Gasteiger partial charge in [0.25, 0.3) is 5.56 Å². The van der Waals surface area contributed by atoms with Crippen LogP contribution in [0.3, 0.4) is 0 Å². The largest absolute Gasteiger partial charge is 0.492 e. The summed E-state index contributed by atoms with van der Waals surface area (Å²) in [7, 11) is 0. The van der Waals surface area contributed by atoms with Gasteiger partial charge < -0.3 is 14.5 Å². The molecule has 0 unspecified atom stereocenters. The van der Waals surface area contributed by atoms with Crippen molar-refractivity contribution in [3.05, 3.63) is 69.2 Å². The molecule has 3 aromatic heterocycles. The first-order chi connectivity index (χ1) is 16.6. The van der Waals surface area contributed by atoms with E-state index in [-0.39, 0.29) is 23.8 Å². The van der Waals surface area contributed by atoms with E-state index < -0.39 is 0 Å². The average Bonchev–Trinajstić information content (AvgIpc) is 3.48. The lowest BCUT2D eigenvalue weighted by atomic mass is 9.97. The number of carbonyl (C=O) groups is 1. The summed E-state index contributed by atoms with van der Waals surface area (Å²) in [6.07, 6.45) is 5.75. The third-order valence-electron chi connectivity index (χ3n) is 5.73. The standard InChI is InChI=1S/C25H25N3O4S2/c1-2-31-19-11-5-4-10-18(19)26-21(29)15-33-25-27-23-22(17-9-3-6-12-20(17)34-23)24(30)28(25)14-16-8-7-13-32-16/h4-5,7-8,10-11,13H,2-3,6,9,12,14-15H2,1H3,(H,26,29). The summed E-state index contributed by atoms with van der Waals surface area (Å²) in [4.78, 5) is 33.3. The van der Waals surface area contributed by atoms with Crippen LogP contribution in [0, 0.1) is 0 Å². The molecule has 1 aliphatic rings. The number of fused-ring (bicyclic) bond motifs is 3. The summed E-state index contributed by atoms with van der Waals surface area (Å²) < 4.78 is 12.7. The fourth-order valence-corrected chi connectivity index (χ4v) is 6.30. The van der Waals surface area contributed by atoms with Crippen molar-refractivity contribution in [3.63, 3.8) is 0 Å². The van der Waals surface area contributed by atoms with Crippen molar-refractivity contribution in [3.8, 4) is 5.75 Å². The van der Waals surface area contributed by atoms with E-state index in [2.05, 4.69) is 5.32 Å². The summed E-state index contributed by atoms with van der Waals surface area (Å²) in [5, 5.41) is 4.15. The van der Waals surface area contributed by atoms with Crippen molar-refractivity contribution in [2.45, 2.75) is 44.3 Å². The van der Waals surface area contributed by atoms with Gasteiger partial charge >= 0.3 is 0 Å². The molecule has 0 saturated carbocycles. The second kappa shape index (κ2) is 10.1. The lowest BCUT2D eigenvalue weighted by Gasteiger charge is -2.13. The minimum Gasteiger partial charge on any atom is -0.492 e. The zero-order valence-corrected chi connectivity index (χ0v) is 20.5. The van der Waals surface area contributed by atoms with E-state index in [9.17, 15) is 9.59 Å². The van der Waals surface area contributed by atoms with Crippen molar-refractivity contribution >= 4 is 44.9 Å². The Morgan fingerprint density at radius 3 is 2.91 bits per heavy atom. The first kappa shape index (κ1) is 22.7. The Morgan fingerprint density at radius 2 is 2.09 bits per heavy atom. The van der Waals surface area contributed by atoms with E-state index in [1.165, 1.54) is 16.6 Å². The number of para-hydroxylation sites is 2. The van der Waals surface area contributed by atoms with Crippen molar-refractivity contribution in [1.82, 2.24) is 9.55 Å². The number of nitrogens with one attached hydrogen (secondary N) is 1. The van der Waals surface area contributed by atoms with Gasteiger partial charge in [0, 0.05) is 4.88 Å². The molecule has 0 aliphatic heterocycles. The normalized spacial score (nSPS) is 13.1. The second-order valence-corrected chi connectivity index (χ2v) is 10.0. The highest BCUT2D eigenvalue weighted by Crippen LogP contribution is 2.35. The summed E-state index contributed by atoms with van der Waals surface area (Å²) >= 11 is 2.87. The Labute approximate surface area is 205 Å². The van der Waals surface area contributed by atoms with Gasteiger partial charge in [-0.15, -0.1) is 11.3 Å². The average molecular weight is 496 g/mol. The monoisotopic (exact) mass is 495 g/mol. The molecule has 0 saturated heterocycles. The minimum absolute atomic E-state index is 0.0644. The van der Waals surface area contributed by atoms with Gasteiger partial charge in [0.05, 0.1) is 36.2 Å². The number of anilines is 1. The van der Waals surface area contributed by atoms with E-state index in [0.29, 0.717) is 29.0 Å². The molecule has 1 amide bonds. The Bertz CT molecular complexity index is 1380. The van der Waals surface area contributed by atoms with Crippen LogP contribution in [0.4, 0.5) is 5.69 Å². The third kappa shape index (κ3) is 4.63. The summed E-state index contributed by atoms with van der Waals surface area (Å²) in [5.41, 5.74) is 1.71. The summed E-state index contributed by atoms with van der Waals surface area (Å²) in [5.74, 6) is 1.22. The van der Waals surface area contributed by atoms with Crippen LogP contribution >= 0.6 is 23.1 Å². The lowest BCUT2D eigenvalue weighted by Crippen LogP contribution is -2.25. The molecular weight excluding hydrogens is 470 g/mol. The zero-order valence-electron chi connectivity index (χ0n) is 18.8.